The van der Waals surface area contributed by atoms with Gasteiger partial charge in [-0.25, -0.2) is 9.97 Å². The van der Waals surface area contributed by atoms with E-state index in [1.807, 2.05) is 0 Å². The summed E-state index contributed by atoms with van der Waals surface area (Å²) < 4.78 is 4.54. The second kappa shape index (κ2) is 7.24. The van der Waals surface area contributed by atoms with Gasteiger partial charge in [-0.2, -0.15) is 0 Å². The molecule has 0 aliphatic carbocycles. The highest BCUT2D eigenvalue weighted by atomic mass is 32.2. The standard InChI is InChI=1S/C11H17N3O2S/c1-8(2)12-4-9-5-13-11(14-6-9)17-7-10(15)16-3/h5-6,8,12H,4,7H2,1-3H3. The molecule has 0 saturated heterocycles. The molecule has 1 aromatic rings. The van der Waals surface area contributed by atoms with Crippen LogP contribution in [0, 0.1) is 0 Å². The first-order chi connectivity index (χ1) is 8.11. The Morgan fingerprint density at radius 2 is 2.12 bits per heavy atom. The Hall–Kier alpha value is -1.14. The summed E-state index contributed by atoms with van der Waals surface area (Å²) in [5.74, 6) is -0.0377. The molecule has 0 aromatic carbocycles. The van der Waals surface area contributed by atoms with E-state index in [-0.39, 0.29) is 11.7 Å². The van der Waals surface area contributed by atoms with Crippen LogP contribution in [0.2, 0.25) is 0 Å². The van der Waals surface area contributed by atoms with E-state index in [1.165, 1.54) is 18.9 Å². The SMILES string of the molecule is COC(=O)CSc1ncc(CNC(C)C)cn1. The van der Waals surface area contributed by atoms with Crippen LogP contribution in [0.1, 0.15) is 19.4 Å². The molecule has 17 heavy (non-hydrogen) atoms. The summed E-state index contributed by atoms with van der Waals surface area (Å²) in [5, 5.41) is 3.87. The van der Waals surface area contributed by atoms with Gasteiger partial charge in [-0.1, -0.05) is 25.6 Å². The summed E-state index contributed by atoms with van der Waals surface area (Å²) in [6.45, 7) is 4.92. The van der Waals surface area contributed by atoms with Crippen molar-refractivity contribution in [3.05, 3.63) is 18.0 Å². The molecule has 0 bridgehead atoms. The maximum atomic E-state index is 10.9. The predicted molar refractivity (Wildman–Crippen MR) is 66.7 cm³/mol. The third-order valence-corrected chi connectivity index (χ3v) is 2.79. The van der Waals surface area contributed by atoms with Gasteiger partial charge in [0.2, 0.25) is 0 Å². The quantitative estimate of drug-likeness (QED) is 0.469. The van der Waals surface area contributed by atoms with Gasteiger partial charge in [0, 0.05) is 30.5 Å². The molecule has 1 aromatic heterocycles. The first kappa shape index (κ1) is 13.9. The molecular weight excluding hydrogens is 238 g/mol. The number of aromatic nitrogens is 2. The van der Waals surface area contributed by atoms with Crippen LogP contribution in [0.25, 0.3) is 0 Å². The first-order valence-corrected chi connectivity index (χ1v) is 6.34. The molecule has 0 aliphatic heterocycles. The highest BCUT2D eigenvalue weighted by Crippen LogP contribution is 2.11. The number of carbonyl (C=O) groups excluding carboxylic acids is 1. The predicted octanol–water partition coefficient (Wildman–Crippen LogP) is 1.24. The number of nitrogens with one attached hydrogen (secondary N) is 1. The van der Waals surface area contributed by atoms with Crippen molar-refractivity contribution < 1.29 is 9.53 Å². The fourth-order valence-electron chi connectivity index (χ4n) is 1.01. The van der Waals surface area contributed by atoms with E-state index < -0.39 is 0 Å². The van der Waals surface area contributed by atoms with E-state index in [2.05, 4.69) is 33.9 Å². The minimum Gasteiger partial charge on any atom is -0.468 e. The lowest BCUT2D eigenvalue weighted by molar-refractivity contribution is -0.137. The molecule has 1 heterocycles. The van der Waals surface area contributed by atoms with Crippen LogP contribution in [0.15, 0.2) is 17.6 Å². The third kappa shape index (κ3) is 5.65. The molecule has 1 rings (SSSR count). The maximum absolute atomic E-state index is 10.9. The van der Waals surface area contributed by atoms with Gasteiger partial charge in [-0.3, -0.25) is 4.79 Å². The van der Waals surface area contributed by atoms with Gasteiger partial charge in [0.15, 0.2) is 5.16 Å². The molecule has 5 nitrogen and oxygen atoms in total. The Morgan fingerprint density at radius 1 is 1.47 bits per heavy atom. The lowest BCUT2D eigenvalue weighted by Gasteiger charge is -2.07. The second-order valence-electron chi connectivity index (χ2n) is 3.77. The van der Waals surface area contributed by atoms with Gasteiger partial charge in [-0.15, -0.1) is 0 Å². The van der Waals surface area contributed by atoms with Gasteiger partial charge in [0.25, 0.3) is 0 Å². The number of thioether (sulfide) groups is 1. The fourth-order valence-corrected chi connectivity index (χ4v) is 1.63. The second-order valence-corrected chi connectivity index (χ2v) is 4.72. The lowest BCUT2D eigenvalue weighted by atomic mass is 10.3. The molecule has 0 amide bonds. The minimum atomic E-state index is -0.274. The zero-order chi connectivity index (χ0) is 12.7. The average Bonchev–Trinajstić information content (AvgIpc) is 2.34. The van der Waals surface area contributed by atoms with Crippen molar-refractivity contribution in [3.63, 3.8) is 0 Å². The van der Waals surface area contributed by atoms with Crippen LogP contribution >= 0.6 is 11.8 Å². The summed E-state index contributed by atoms with van der Waals surface area (Å²) in [5.41, 5.74) is 1.03. The van der Waals surface area contributed by atoms with E-state index in [1.54, 1.807) is 12.4 Å². The van der Waals surface area contributed by atoms with E-state index in [0.717, 1.165) is 12.1 Å². The van der Waals surface area contributed by atoms with Crippen LogP contribution in [0.3, 0.4) is 0 Å². The van der Waals surface area contributed by atoms with E-state index in [0.29, 0.717) is 11.2 Å². The van der Waals surface area contributed by atoms with E-state index >= 15 is 0 Å². The van der Waals surface area contributed by atoms with Crippen LogP contribution < -0.4 is 5.32 Å². The first-order valence-electron chi connectivity index (χ1n) is 5.35. The van der Waals surface area contributed by atoms with Crippen LogP contribution in [-0.4, -0.2) is 34.8 Å². The van der Waals surface area contributed by atoms with Crippen molar-refractivity contribution in [3.8, 4) is 0 Å². The molecular formula is C11H17N3O2S. The normalized spacial score (nSPS) is 10.6. The van der Waals surface area contributed by atoms with Crippen LogP contribution in [0.5, 0.6) is 0 Å². The maximum Gasteiger partial charge on any atom is 0.316 e. The number of carbonyl (C=O) groups is 1. The Morgan fingerprint density at radius 3 is 2.65 bits per heavy atom. The number of rotatable bonds is 6. The van der Waals surface area contributed by atoms with Crippen molar-refractivity contribution in [2.24, 2.45) is 0 Å². The molecule has 0 aliphatic rings. The highest BCUT2D eigenvalue weighted by molar-refractivity contribution is 7.99. The Bertz CT molecular complexity index is 354. The smallest absolute Gasteiger partial charge is 0.316 e. The van der Waals surface area contributed by atoms with Crippen molar-refractivity contribution >= 4 is 17.7 Å². The van der Waals surface area contributed by atoms with Crippen molar-refractivity contribution in [1.29, 1.82) is 0 Å². The van der Waals surface area contributed by atoms with Crippen molar-refractivity contribution in [2.45, 2.75) is 31.6 Å². The molecule has 0 saturated carbocycles. The molecule has 6 heteroatoms. The van der Waals surface area contributed by atoms with Gasteiger partial charge in [0.1, 0.15) is 0 Å². The lowest BCUT2D eigenvalue weighted by Crippen LogP contribution is -2.21. The van der Waals surface area contributed by atoms with Crippen LogP contribution in [-0.2, 0) is 16.1 Å². The average molecular weight is 255 g/mol. The van der Waals surface area contributed by atoms with Gasteiger partial charge < -0.3 is 10.1 Å². The molecule has 94 valence electrons. The number of nitrogens with zero attached hydrogens (tertiary/aromatic N) is 2. The number of methoxy groups -OCH3 is 1. The molecule has 0 radical (unpaired) electrons. The van der Waals surface area contributed by atoms with E-state index in [9.17, 15) is 4.79 Å². The topological polar surface area (TPSA) is 64.1 Å². The summed E-state index contributed by atoms with van der Waals surface area (Å²) in [6, 6.07) is 0.434. The molecule has 0 spiro atoms. The number of ether oxygens (including phenoxy) is 1. The number of hydrogen-bond donors (Lipinski definition) is 1. The van der Waals surface area contributed by atoms with Gasteiger partial charge in [-0.05, 0) is 0 Å². The molecule has 1 N–H and O–H groups in total. The van der Waals surface area contributed by atoms with Crippen LogP contribution in [0.4, 0.5) is 0 Å². The zero-order valence-electron chi connectivity index (χ0n) is 10.3. The van der Waals surface area contributed by atoms with Crippen molar-refractivity contribution in [1.82, 2.24) is 15.3 Å². The zero-order valence-corrected chi connectivity index (χ0v) is 11.1. The monoisotopic (exact) mass is 255 g/mol. The Kier molecular flexibility index (Phi) is 5.93. The summed E-state index contributed by atoms with van der Waals surface area (Å²) in [6.07, 6.45) is 3.53. The molecule has 0 atom stereocenters. The summed E-state index contributed by atoms with van der Waals surface area (Å²) in [4.78, 5) is 19.3. The molecule has 0 fully saturated rings. The van der Waals surface area contributed by atoms with E-state index in [4.69, 9.17) is 0 Å². The highest BCUT2D eigenvalue weighted by Gasteiger charge is 2.04. The molecule has 0 unspecified atom stereocenters. The number of esters is 1. The third-order valence-electron chi connectivity index (χ3n) is 1.94. The van der Waals surface area contributed by atoms with Crippen molar-refractivity contribution in [2.75, 3.05) is 12.9 Å². The largest absolute Gasteiger partial charge is 0.468 e. The number of hydrogen-bond acceptors (Lipinski definition) is 6. The summed E-state index contributed by atoms with van der Waals surface area (Å²) >= 11 is 1.27. The summed E-state index contributed by atoms with van der Waals surface area (Å²) in [7, 11) is 1.37. The minimum absolute atomic E-state index is 0.236. The fraction of sp³-hybridized carbons (Fsp3) is 0.545. The Balaban J connectivity index is 2.42. The Labute approximate surface area is 105 Å². The van der Waals surface area contributed by atoms with Gasteiger partial charge in [0.05, 0.1) is 12.9 Å². The van der Waals surface area contributed by atoms with Gasteiger partial charge >= 0.3 is 5.97 Å².